The van der Waals surface area contributed by atoms with E-state index < -0.39 is 0 Å². The van der Waals surface area contributed by atoms with Crippen molar-refractivity contribution in [2.45, 2.75) is 19.9 Å². The van der Waals surface area contributed by atoms with Crippen LogP contribution < -0.4 is 11.1 Å². The third-order valence-electron chi connectivity index (χ3n) is 2.98. The van der Waals surface area contributed by atoms with E-state index in [2.05, 4.69) is 5.32 Å². The molecule has 0 radical (unpaired) electrons. The van der Waals surface area contributed by atoms with Crippen LogP contribution in [0.5, 0.6) is 0 Å². The third kappa shape index (κ3) is 4.54. The molecule has 0 aliphatic rings. The van der Waals surface area contributed by atoms with E-state index in [1.165, 1.54) is 0 Å². The van der Waals surface area contributed by atoms with Gasteiger partial charge in [-0.25, -0.2) is 0 Å². The van der Waals surface area contributed by atoms with Crippen LogP contribution >= 0.6 is 0 Å². The Kier molecular flexibility index (Phi) is 5.79. The van der Waals surface area contributed by atoms with Crippen LogP contribution in [0.2, 0.25) is 0 Å². The Labute approximate surface area is 114 Å². The smallest absolute Gasteiger partial charge is 0.241 e. The minimum Gasteiger partial charge on any atom is -0.399 e. The van der Waals surface area contributed by atoms with E-state index in [-0.39, 0.29) is 24.5 Å². The Hall–Kier alpha value is -1.59. The Morgan fingerprint density at radius 3 is 2.68 bits per heavy atom. The number of likely N-dealkylation sites (N-methyl/N-ethyl adjacent to an activating group) is 1. The van der Waals surface area contributed by atoms with Gasteiger partial charge in [-0.05, 0) is 31.2 Å². The summed E-state index contributed by atoms with van der Waals surface area (Å²) in [5.41, 5.74) is 6.98. The number of carbonyl (C=O) groups is 1. The molecule has 0 aliphatic carbocycles. The van der Waals surface area contributed by atoms with Gasteiger partial charge in [0.15, 0.2) is 0 Å². The Morgan fingerprint density at radius 1 is 1.47 bits per heavy atom. The van der Waals surface area contributed by atoms with Crippen molar-refractivity contribution in [2.75, 3.05) is 31.2 Å². The second kappa shape index (κ2) is 7.11. The van der Waals surface area contributed by atoms with E-state index in [1.54, 1.807) is 24.3 Å². The molecular weight excluding hydrogens is 242 g/mol. The molecule has 5 nitrogen and oxygen atoms in total. The lowest BCUT2D eigenvalue weighted by molar-refractivity contribution is -0.122. The van der Waals surface area contributed by atoms with Gasteiger partial charge in [-0.2, -0.15) is 0 Å². The summed E-state index contributed by atoms with van der Waals surface area (Å²) in [5.74, 6) is 0.0640. The zero-order chi connectivity index (χ0) is 14.4. The van der Waals surface area contributed by atoms with Gasteiger partial charge in [0.25, 0.3) is 0 Å². The molecule has 5 heteroatoms. The summed E-state index contributed by atoms with van der Waals surface area (Å²) < 4.78 is 0. The number of nitrogens with zero attached hydrogens (tertiary/aromatic N) is 1. The van der Waals surface area contributed by atoms with Gasteiger partial charge in [0.1, 0.15) is 0 Å². The highest BCUT2D eigenvalue weighted by molar-refractivity contribution is 5.95. The predicted octanol–water partition coefficient (Wildman–Crippen LogP) is 1.16. The van der Waals surface area contributed by atoms with Crippen molar-refractivity contribution in [3.05, 3.63) is 24.3 Å². The lowest BCUT2D eigenvalue weighted by Crippen LogP contribution is -2.46. The van der Waals surface area contributed by atoms with Crippen molar-refractivity contribution < 1.29 is 9.90 Å². The summed E-state index contributed by atoms with van der Waals surface area (Å²) in [6.45, 7) is 4.47. The fourth-order valence-electron chi connectivity index (χ4n) is 2.14. The summed E-state index contributed by atoms with van der Waals surface area (Å²) in [6.07, 6.45) is 0. The van der Waals surface area contributed by atoms with E-state index in [0.717, 1.165) is 0 Å². The summed E-state index contributed by atoms with van der Waals surface area (Å²) in [5, 5.41) is 11.8. The van der Waals surface area contributed by atoms with Crippen LogP contribution in [0.4, 0.5) is 11.4 Å². The number of rotatable bonds is 6. The number of hydrogen-bond donors (Lipinski definition) is 3. The monoisotopic (exact) mass is 265 g/mol. The van der Waals surface area contributed by atoms with E-state index in [0.29, 0.717) is 17.9 Å². The van der Waals surface area contributed by atoms with Crippen molar-refractivity contribution in [1.82, 2.24) is 4.90 Å². The summed E-state index contributed by atoms with van der Waals surface area (Å²) in [4.78, 5) is 14.2. The van der Waals surface area contributed by atoms with Gasteiger partial charge in [-0.1, -0.05) is 19.9 Å². The normalized spacial score (nSPS) is 12.7. The van der Waals surface area contributed by atoms with Crippen LogP contribution in [0.1, 0.15) is 13.8 Å². The Bertz CT molecular complexity index is 421. The molecule has 19 heavy (non-hydrogen) atoms. The first-order valence-electron chi connectivity index (χ1n) is 6.43. The second-order valence-corrected chi connectivity index (χ2v) is 5.01. The van der Waals surface area contributed by atoms with Crippen molar-refractivity contribution in [2.24, 2.45) is 5.92 Å². The fraction of sp³-hybridized carbons (Fsp3) is 0.500. The Balaban J connectivity index is 2.77. The molecule has 0 spiro atoms. The maximum atomic E-state index is 12.3. The van der Waals surface area contributed by atoms with Crippen LogP contribution in [-0.2, 0) is 4.79 Å². The minimum atomic E-state index is -0.284. The highest BCUT2D eigenvalue weighted by atomic mass is 16.3. The van der Waals surface area contributed by atoms with Crippen LogP contribution in [0, 0.1) is 5.92 Å². The quantitative estimate of drug-likeness (QED) is 0.674. The standard InChI is InChI=1S/C14H23N3O2/c1-10(2)13(17(3)7-8-18)14(19)16-12-6-4-5-11(15)9-12/h4-6,9-10,13,18H,7-8,15H2,1-3H3,(H,16,19). The van der Waals surface area contributed by atoms with E-state index in [9.17, 15) is 4.79 Å². The number of anilines is 2. The highest BCUT2D eigenvalue weighted by Gasteiger charge is 2.26. The minimum absolute atomic E-state index is 0.0330. The van der Waals surface area contributed by atoms with E-state index >= 15 is 0 Å². The summed E-state index contributed by atoms with van der Waals surface area (Å²) >= 11 is 0. The van der Waals surface area contributed by atoms with Gasteiger partial charge in [0.2, 0.25) is 5.91 Å². The third-order valence-corrected chi connectivity index (χ3v) is 2.98. The van der Waals surface area contributed by atoms with Crippen LogP contribution in [-0.4, -0.2) is 42.2 Å². The SMILES string of the molecule is CC(C)C(C(=O)Nc1cccc(N)c1)N(C)CCO. The van der Waals surface area contributed by atoms with Gasteiger partial charge >= 0.3 is 0 Å². The average molecular weight is 265 g/mol. The molecular formula is C14H23N3O2. The lowest BCUT2D eigenvalue weighted by atomic mass is 10.0. The molecule has 106 valence electrons. The molecule has 0 bridgehead atoms. The topological polar surface area (TPSA) is 78.6 Å². The molecule has 1 unspecified atom stereocenters. The molecule has 0 aliphatic heterocycles. The predicted molar refractivity (Wildman–Crippen MR) is 77.8 cm³/mol. The molecule has 1 rings (SSSR count). The number of hydrogen-bond acceptors (Lipinski definition) is 4. The molecule has 0 aromatic heterocycles. The van der Waals surface area contributed by atoms with Crippen LogP contribution in [0.15, 0.2) is 24.3 Å². The van der Waals surface area contributed by atoms with Crippen molar-refractivity contribution >= 4 is 17.3 Å². The summed E-state index contributed by atoms with van der Waals surface area (Å²) in [6, 6.07) is 6.81. The molecule has 1 aromatic carbocycles. The maximum absolute atomic E-state index is 12.3. The number of carbonyl (C=O) groups excluding carboxylic acids is 1. The van der Waals surface area contributed by atoms with Gasteiger partial charge in [0.05, 0.1) is 12.6 Å². The van der Waals surface area contributed by atoms with Gasteiger partial charge in [0, 0.05) is 17.9 Å². The molecule has 0 saturated heterocycles. The molecule has 0 fully saturated rings. The van der Waals surface area contributed by atoms with E-state index in [4.69, 9.17) is 10.8 Å². The largest absolute Gasteiger partial charge is 0.399 e. The lowest BCUT2D eigenvalue weighted by Gasteiger charge is -2.29. The first-order chi connectivity index (χ1) is 8.95. The molecule has 1 aromatic rings. The number of amides is 1. The average Bonchev–Trinajstić information content (AvgIpc) is 2.28. The van der Waals surface area contributed by atoms with Crippen molar-refractivity contribution in [1.29, 1.82) is 0 Å². The fourth-order valence-corrected chi connectivity index (χ4v) is 2.14. The summed E-state index contributed by atoms with van der Waals surface area (Å²) in [7, 11) is 1.83. The Morgan fingerprint density at radius 2 is 2.16 bits per heavy atom. The molecule has 0 saturated carbocycles. The maximum Gasteiger partial charge on any atom is 0.241 e. The van der Waals surface area contributed by atoms with Crippen molar-refractivity contribution in [3.63, 3.8) is 0 Å². The second-order valence-electron chi connectivity index (χ2n) is 5.01. The molecule has 4 N–H and O–H groups in total. The zero-order valence-corrected chi connectivity index (χ0v) is 11.8. The molecule has 1 amide bonds. The zero-order valence-electron chi connectivity index (χ0n) is 11.8. The molecule has 0 heterocycles. The van der Waals surface area contributed by atoms with Crippen LogP contribution in [0.25, 0.3) is 0 Å². The number of benzene rings is 1. The van der Waals surface area contributed by atoms with Crippen LogP contribution in [0.3, 0.4) is 0 Å². The first kappa shape index (κ1) is 15.5. The van der Waals surface area contributed by atoms with Gasteiger partial charge in [-0.3, -0.25) is 9.69 Å². The first-order valence-corrected chi connectivity index (χ1v) is 6.43. The molecule has 1 atom stereocenters. The number of aliphatic hydroxyl groups is 1. The van der Waals surface area contributed by atoms with E-state index in [1.807, 2.05) is 25.8 Å². The number of aliphatic hydroxyl groups excluding tert-OH is 1. The highest BCUT2D eigenvalue weighted by Crippen LogP contribution is 2.15. The van der Waals surface area contributed by atoms with Crippen molar-refractivity contribution in [3.8, 4) is 0 Å². The number of nitrogens with two attached hydrogens (primary N) is 1. The van der Waals surface area contributed by atoms with Gasteiger partial charge < -0.3 is 16.2 Å². The number of nitrogen functional groups attached to an aromatic ring is 1. The van der Waals surface area contributed by atoms with Gasteiger partial charge in [-0.15, -0.1) is 0 Å². The number of nitrogens with one attached hydrogen (secondary N) is 1.